The molecule has 0 aliphatic carbocycles. The lowest BCUT2D eigenvalue weighted by molar-refractivity contribution is 0.0944. The molecule has 0 spiro atoms. The van der Waals surface area contributed by atoms with Crippen LogP contribution >= 0.6 is 11.8 Å². The first-order chi connectivity index (χ1) is 7.18. The van der Waals surface area contributed by atoms with E-state index in [-0.39, 0.29) is 5.91 Å². The van der Waals surface area contributed by atoms with Gasteiger partial charge >= 0.3 is 0 Å². The minimum absolute atomic E-state index is 0.140. The van der Waals surface area contributed by atoms with Crippen molar-refractivity contribution >= 4 is 28.7 Å². The van der Waals surface area contributed by atoms with Crippen LogP contribution in [0.3, 0.4) is 0 Å². The molecule has 15 heavy (non-hydrogen) atoms. The lowest BCUT2D eigenvalue weighted by Crippen LogP contribution is -2.06. The highest BCUT2D eigenvalue weighted by atomic mass is 32.2. The molecule has 1 aromatic heterocycles. The summed E-state index contributed by atoms with van der Waals surface area (Å²) in [5.74, 6) is 0.659. The number of aryl methyl sites for hydroxylation is 2. The summed E-state index contributed by atoms with van der Waals surface area (Å²) in [4.78, 5) is 16.1. The molecule has 0 radical (unpaired) electrons. The zero-order valence-corrected chi connectivity index (χ0v) is 9.39. The second kappa shape index (κ2) is 2.85. The summed E-state index contributed by atoms with van der Waals surface area (Å²) >= 11 is 1.52. The molecule has 2 heterocycles. The van der Waals surface area contributed by atoms with Crippen molar-refractivity contribution in [3.8, 4) is 0 Å². The van der Waals surface area contributed by atoms with Crippen LogP contribution in [0.5, 0.6) is 0 Å². The van der Waals surface area contributed by atoms with Gasteiger partial charge in [-0.3, -0.25) is 9.36 Å². The first-order valence-electron chi connectivity index (χ1n) is 4.83. The van der Waals surface area contributed by atoms with Crippen molar-refractivity contribution < 1.29 is 4.79 Å². The first-order valence-corrected chi connectivity index (χ1v) is 5.81. The van der Waals surface area contributed by atoms with Gasteiger partial charge in [0.05, 0.1) is 16.8 Å². The Labute approximate surface area is 91.5 Å². The average Bonchev–Trinajstić information content (AvgIpc) is 2.74. The summed E-state index contributed by atoms with van der Waals surface area (Å²) in [6.45, 7) is 4.11. The van der Waals surface area contributed by atoms with Crippen LogP contribution in [0.4, 0.5) is 0 Å². The van der Waals surface area contributed by atoms with E-state index in [0.717, 1.165) is 16.2 Å². The number of carbonyl (C=O) groups is 1. The van der Waals surface area contributed by atoms with Crippen molar-refractivity contribution in [1.29, 1.82) is 0 Å². The minimum Gasteiger partial charge on any atom is -0.273 e. The van der Waals surface area contributed by atoms with E-state index in [1.165, 1.54) is 22.9 Å². The van der Waals surface area contributed by atoms with Crippen LogP contribution in [-0.2, 0) is 0 Å². The summed E-state index contributed by atoms with van der Waals surface area (Å²) in [6.07, 6.45) is 0. The van der Waals surface area contributed by atoms with Gasteiger partial charge in [0, 0.05) is 0 Å². The number of nitrogens with zero attached hydrogens (tertiary/aromatic N) is 2. The van der Waals surface area contributed by atoms with Crippen molar-refractivity contribution in [3.05, 3.63) is 23.3 Å². The monoisotopic (exact) mass is 218 g/mol. The molecule has 0 bridgehead atoms. The van der Waals surface area contributed by atoms with Gasteiger partial charge in [-0.25, -0.2) is 4.98 Å². The Morgan fingerprint density at radius 1 is 1.40 bits per heavy atom. The number of benzene rings is 1. The van der Waals surface area contributed by atoms with Gasteiger partial charge in [0.25, 0.3) is 0 Å². The summed E-state index contributed by atoms with van der Waals surface area (Å²) in [7, 11) is 0. The van der Waals surface area contributed by atoms with E-state index in [4.69, 9.17) is 0 Å². The third-order valence-corrected chi connectivity index (χ3v) is 3.82. The molecule has 0 atom stereocenters. The Hall–Kier alpha value is -1.29. The van der Waals surface area contributed by atoms with Gasteiger partial charge in [-0.1, -0.05) is 17.8 Å². The average molecular weight is 218 g/mol. The summed E-state index contributed by atoms with van der Waals surface area (Å²) in [6, 6.07) is 4.03. The Balaban J connectivity index is 2.45. The highest BCUT2D eigenvalue weighted by Gasteiger charge is 2.24. The number of carbonyl (C=O) groups excluding carboxylic acids is 1. The van der Waals surface area contributed by atoms with Gasteiger partial charge < -0.3 is 0 Å². The first kappa shape index (κ1) is 8.97. The molecule has 3 rings (SSSR count). The number of hydrogen-bond acceptors (Lipinski definition) is 3. The fourth-order valence-corrected chi connectivity index (χ4v) is 2.75. The van der Waals surface area contributed by atoms with E-state index in [9.17, 15) is 4.79 Å². The third-order valence-electron chi connectivity index (χ3n) is 2.89. The Kier molecular flexibility index (Phi) is 1.71. The van der Waals surface area contributed by atoms with Crippen LogP contribution in [0.2, 0.25) is 0 Å². The predicted molar refractivity (Wildman–Crippen MR) is 60.6 cm³/mol. The summed E-state index contributed by atoms with van der Waals surface area (Å²) in [5, 5.41) is 0.837. The highest BCUT2D eigenvalue weighted by molar-refractivity contribution is 8.00. The fraction of sp³-hybridized carbons (Fsp3) is 0.273. The Morgan fingerprint density at radius 3 is 3.00 bits per heavy atom. The molecule has 0 saturated heterocycles. The molecule has 3 nitrogen and oxygen atoms in total. The number of fused-ring (bicyclic) bond motifs is 3. The maximum atomic E-state index is 11.6. The van der Waals surface area contributed by atoms with Crippen molar-refractivity contribution in [3.63, 3.8) is 0 Å². The standard InChI is InChI=1S/C11H10N2OS/c1-6-3-4-8-10(7(6)2)12-11-13(8)9(14)5-15-11/h3-4H,5H2,1-2H3. The smallest absolute Gasteiger partial charge is 0.243 e. The second-order valence-corrected chi connectivity index (χ2v) is 4.73. The number of thioether (sulfide) groups is 1. The van der Waals surface area contributed by atoms with Gasteiger partial charge in [0.2, 0.25) is 5.91 Å². The molecular weight excluding hydrogens is 208 g/mol. The zero-order chi connectivity index (χ0) is 10.6. The number of aromatic nitrogens is 2. The van der Waals surface area contributed by atoms with Crippen LogP contribution in [0, 0.1) is 13.8 Å². The van der Waals surface area contributed by atoms with Crippen molar-refractivity contribution in [2.45, 2.75) is 19.0 Å². The lowest BCUT2D eigenvalue weighted by Gasteiger charge is -2.01. The van der Waals surface area contributed by atoms with E-state index < -0.39 is 0 Å². The molecule has 1 aliphatic rings. The molecule has 1 aliphatic heterocycles. The molecular formula is C11H10N2OS. The third kappa shape index (κ3) is 1.08. The molecule has 2 aromatic rings. The van der Waals surface area contributed by atoms with E-state index in [0.29, 0.717) is 5.75 Å². The molecule has 0 fully saturated rings. The zero-order valence-electron chi connectivity index (χ0n) is 8.57. The lowest BCUT2D eigenvalue weighted by atomic mass is 10.1. The topological polar surface area (TPSA) is 34.9 Å². The maximum absolute atomic E-state index is 11.6. The van der Waals surface area contributed by atoms with Gasteiger partial charge in [-0.05, 0) is 31.0 Å². The molecule has 0 saturated carbocycles. The van der Waals surface area contributed by atoms with Crippen LogP contribution in [0.25, 0.3) is 11.0 Å². The summed E-state index contributed by atoms with van der Waals surface area (Å²) in [5.41, 5.74) is 4.30. The van der Waals surface area contributed by atoms with Gasteiger partial charge in [-0.15, -0.1) is 0 Å². The quantitative estimate of drug-likeness (QED) is 0.681. The van der Waals surface area contributed by atoms with Crippen LogP contribution in [0.15, 0.2) is 17.3 Å². The van der Waals surface area contributed by atoms with Crippen LogP contribution in [0.1, 0.15) is 15.9 Å². The molecule has 4 heteroatoms. The van der Waals surface area contributed by atoms with Gasteiger partial charge in [0.15, 0.2) is 5.16 Å². The normalized spacial score (nSPS) is 14.9. The number of hydrogen-bond donors (Lipinski definition) is 0. The van der Waals surface area contributed by atoms with Crippen LogP contribution < -0.4 is 0 Å². The molecule has 0 amide bonds. The van der Waals surface area contributed by atoms with E-state index in [1.807, 2.05) is 12.1 Å². The second-order valence-electron chi connectivity index (χ2n) is 3.79. The summed E-state index contributed by atoms with van der Waals surface area (Å²) < 4.78 is 1.73. The van der Waals surface area contributed by atoms with E-state index in [1.54, 1.807) is 4.57 Å². The van der Waals surface area contributed by atoms with Crippen molar-refractivity contribution in [2.24, 2.45) is 0 Å². The van der Waals surface area contributed by atoms with Crippen molar-refractivity contribution in [1.82, 2.24) is 9.55 Å². The van der Waals surface area contributed by atoms with E-state index >= 15 is 0 Å². The van der Waals surface area contributed by atoms with E-state index in [2.05, 4.69) is 18.8 Å². The Bertz CT molecular complexity index is 586. The van der Waals surface area contributed by atoms with Crippen LogP contribution in [-0.4, -0.2) is 21.2 Å². The maximum Gasteiger partial charge on any atom is 0.243 e. The number of rotatable bonds is 0. The molecule has 76 valence electrons. The highest BCUT2D eigenvalue weighted by Crippen LogP contribution is 2.31. The molecule has 0 N–H and O–H groups in total. The molecule has 0 unspecified atom stereocenters. The molecule has 1 aromatic carbocycles. The largest absolute Gasteiger partial charge is 0.273 e. The fourth-order valence-electron chi connectivity index (χ4n) is 1.89. The van der Waals surface area contributed by atoms with Gasteiger partial charge in [0.1, 0.15) is 0 Å². The predicted octanol–water partition coefficient (Wildman–Crippen LogP) is 2.40. The minimum atomic E-state index is 0.140. The van der Waals surface area contributed by atoms with Gasteiger partial charge in [-0.2, -0.15) is 0 Å². The van der Waals surface area contributed by atoms with Crippen molar-refractivity contribution in [2.75, 3.05) is 5.75 Å². The SMILES string of the molecule is Cc1ccc2c(nc3n2C(=O)CS3)c1C. The number of imidazole rings is 1. The Morgan fingerprint density at radius 2 is 2.20 bits per heavy atom.